The molecule has 0 bridgehead atoms. The summed E-state index contributed by atoms with van der Waals surface area (Å²) in [5.74, 6) is 0. The van der Waals surface area contributed by atoms with Crippen LogP contribution in [0.5, 0.6) is 0 Å². The number of carbonyl (C=O) groups excluding carboxylic acids is 2. The Kier molecular flexibility index (Phi) is 7.05. The van der Waals surface area contributed by atoms with Gasteiger partial charge in [0.05, 0.1) is 18.5 Å². The van der Waals surface area contributed by atoms with E-state index in [1.165, 1.54) is 0 Å². The lowest BCUT2D eigenvalue weighted by molar-refractivity contribution is 0.0102. The summed E-state index contributed by atoms with van der Waals surface area (Å²) in [6, 6.07) is 8.84. The molecule has 2 rings (SSSR count). The fourth-order valence-electron chi connectivity index (χ4n) is 2.96. The predicted octanol–water partition coefficient (Wildman–Crippen LogP) is 3.66. The summed E-state index contributed by atoms with van der Waals surface area (Å²) in [4.78, 5) is 26.3. The molecule has 0 spiro atoms. The van der Waals surface area contributed by atoms with Crippen LogP contribution in [0.25, 0.3) is 0 Å². The Balaban J connectivity index is 1.86. The van der Waals surface area contributed by atoms with Gasteiger partial charge in [-0.2, -0.15) is 5.26 Å². The van der Waals surface area contributed by atoms with E-state index in [2.05, 4.69) is 16.7 Å². The highest BCUT2D eigenvalue weighted by Crippen LogP contribution is 2.20. The van der Waals surface area contributed by atoms with Crippen molar-refractivity contribution in [1.82, 2.24) is 10.2 Å². The number of benzene rings is 1. The lowest BCUT2D eigenvalue weighted by Gasteiger charge is -2.36. The van der Waals surface area contributed by atoms with Gasteiger partial charge in [0.1, 0.15) is 5.60 Å². The van der Waals surface area contributed by atoms with E-state index in [4.69, 9.17) is 10.00 Å². The van der Waals surface area contributed by atoms with Crippen LogP contribution in [0.2, 0.25) is 0 Å². The van der Waals surface area contributed by atoms with Crippen molar-refractivity contribution in [2.24, 2.45) is 0 Å². The van der Waals surface area contributed by atoms with Gasteiger partial charge in [-0.3, -0.25) is 0 Å². The first-order valence-electron chi connectivity index (χ1n) is 9.29. The van der Waals surface area contributed by atoms with E-state index in [1.807, 2.05) is 32.9 Å². The Morgan fingerprint density at radius 1 is 1.26 bits per heavy atom. The Hall–Kier alpha value is -2.75. The van der Waals surface area contributed by atoms with E-state index in [-0.39, 0.29) is 18.2 Å². The zero-order chi connectivity index (χ0) is 19.9. The minimum atomic E-state index is -0.540. The summed E-state index contributed by atoms with van der Waals surface area (Å²) in [5.41, 5.74) is 1.02. The smallest absolute Gasteiger partial charge is 0.410 e. The van der Waals surface area contributed by atoms with Crippen molar-refractivity contribution >= 4 is 17.8 Å². The van der Waals surface area contributed by atoms with Gasteiger partial charge in [0.25, 0.3) is 0 Å². The lowest BCUT2D eigenvalue weighted by Crippen LogP contribution is -2.51. The highest BCUT2D eigenvalue weighted by Gasteiger charge is 2.30. The zero-order valence-electron chi connectivity index (χ0n) is 16.2. The van der Waals surface area contributed by atoms with Crippen LogP contribution < -0.4 is 10.6 Å². The number of likely N-dealkylation sites (tertiary alicyclic amines) is 1. The van der Waals surface area contributed by atoms with E-state index < -0.39 is 5.60 Å². The number of carbonyl (C=O) groups is 2. The first-order valence-corrected chi connectivity index (χ1v) is 9.29. The number of piperidine rings is 1. The number of urea groups is 1. The third-order valence-corrected chi connectivity index (χ3v) is 4.25. The topological polar surface area (TPSA) is 94.5 Å². The summed E-state index contributed by atoms with van der Waals surface area (Å²) in [6.07, 6.45) is 2.81. The molecule has 1 aliphatic rings. The molecule has 0 radical (unpaired) electrons. The third-order valence-electron chi connectivity index (χ3n) is 4.25. The molecular weight excluding hydrogens is 344 g/mol. The number of nitriles is 1. The van der Waals surface area contributed by atoms with Gasteiger partial charge >= 0.3 is 12.1 Å². The molecule has 0 aliphatic carbocycles. The van der Waals surface area contributed by atoms with Gasteiger partial charge < -0.3 is 20.3 Å². The quantitative estimate of drug-likeness (QED) is 0.843. The monoisotopic (exact) mass is 372 g/mol. The van der Waals surface area contributed by atoms with Crippen molar-refractivity contribution < 1.29 is 14.3 Å². The number of nitrogens with one attached hydrogen (secondary N) is 2. The molecule has 2 N–H and O–H groups in total. The maximum absolute atomic E-state index is 12.4. The predicted molar refractivity (Wildman–Crippen MR) is 103 cm³/mol. The first-order chi connectivity index (χ1) is 12.8. The van der Waals surface area contributed by atoms with Gasteiger partial charge in [0, 0.05) is 18.8 Å². The van der Waals surface area contributed by atoms with Crippen molar-refractivity contribution in [3.63, 3.8) is 0 Å². The Morgan fingerprint density at radius 3 is 2.59 bits per heavy atom. The molecule has 0 saturated carbocycles. The molecule has 1 fully saturated rings. The van der Waals surface area contributed by atoms with Crippen LogP contribution in [0, 0.1) is 11.3 Å². The molecule has 146 valence electrons. The standard InChI is InChI=1S/C20H28N4O3/c1-20(2,3)27-19(26)24-13-5-4-6-17(24)14-22-18(25)23-16-9-7-15(8-10-16)11-12-21/h7-10,17H,4-6,11,13-14H2,1-3H3,(H2,22,23,25). The van der Waals surface area contributed by atoms with Crippen LogP contribution in [-0.4, -0.2) is 41.8 Å². The van der Waals surface area contributed by atoms with Crippen LogP contribution in [0.3, 0.4) is 0 Å². The Morgan fingerprint density at radius 2 is 1.96 bits per heavy atom. The van der Waals surface area contributed by atoms with Crippen molar-refractivity contribution in [2.75, 3.05) is 18.4 Å². The molecule has 1 atom stereocenters. The van der Waals surface area contributed by atoms with Gasteiger partial charge in [-0.25, -0.2) is 9.59 Å². The summed E-state index contributed by atoms with van der Waals surface area (Å²) in [5, 5.41) is 14.3. The first kappa shape index (κ1) is 20.6. The minimum absolute atomic E-state index is 0.0719. The van der Waals surface area contributed by atoms with Crippen LogP contribution in [0.4, 0.5) is 15.3 Å². The van der Waals surface area contributed by atoms with Gasteiger partial charge in [-0.15, -0.1) is 0 Å². The van der Waals surface area contributed by atoms with Crippen molar-refractivity contribution in [3.8, 4) is 6.07 Å². The second kappa shape index (κ2) is 9.26. The third kappa shape index (κ3) is 6.81. The van der Waals surface area contributed by atoms with Crippen LogP contribution in [-0.2, 0) is 11.2 Å². The fraction of sp³-hybridized carbons (Fsp3) is 0.550. The molecule has 1 aliphatic heterocycles. The van der Waals surface area contributed by atoms with Crippen molar-refractivity contribution in [2.45, 2.75) is 58.1 Å². The van der Waals surface area contributed by atoms with Gasteiger partial charge in [0.2, 0.25) is 0 Å². The van der Waals surface area contributed by atoms with Crippen LogP contribution in [0.15, 0.2) is 24.3 Å². The summed E-state index contributed by atoms with van der Waals surface area (Å²) >= 11 is 0. The minimum Gasteiger partial charge on any atom is -0.444 e. The molecule has 3 amide bonds. The molecule has 7 nitrogen and oxygen atoms in total. The molecule has 1 unspecified atom stereocenters. The summed E-state index contributed by atoms with van der Waals surface area (Å²) in [6.45, 7) is 6.55. The fourth-order valence-corrected chi connectivity index (χ4v) is 2.96. The second-order valence-electron chi connectivity index (χ2n) is 7.69. The normalized spacial score (nSPS) is 17.0. The Bertz CT molecular complexity index is 689. The Labute approximate surface area is 160 Å². The van der Waals surface area contributed by atoms with E-state index in [0.717, 1.165) is 24.8 Å². The number of hydrogen-bond donors (Lipinski definition) is 2. The average Bonchev–Trinajstić information content (AvgIpc) is 2.61. The maximum atomic E-state index is 12.4. The number of rotatable bonds is 4. The largest absolute Gasteiger partial charge is 0.444 e. The summed E-state index contributed by atoms with van der Waals surface area (Å²) in [7, 11) is 0. The summed E-state index contributed by atoms with van der Waals surface area (Å²) < 4.78 is 5.48. The molecule has 1 aromatic carbocycles. The molecule has 7 heteroatoms. The van der Waals surface area contributed by atoms with E-state index >= 15 is 0 Å². The molecule has 1 saturated heterocycles. The number of ether oxygens (including phenoxy) is 1. The number of nitrogens with zero attached hydrogens (tertiary/aromatic N) is 2. The van der Waals surface area contributed by atoms with E-state index in [1.54, 1.807) is 17.0 Å². The molecule has 1 aromatic rings. The number of hydrogen-bond acceptors (Lipinski definition) is 4. The number of anilines is 1. The lowest BCUT2D eigenvalue weighted by atomic mass is 10.0. The molecular formula is C20H28N4O3. The second-order valence-corrected chi connectivity index (χ2v) is 7.69. The zero-order valence-corrected chi connectivity index (χ0v) is 16.2. The van der Waals surface area contributed by atoms with Gasteiger partial charge in [0.15, 0.2) is 0 Å². The average molecular weight is 372 g/mol. The SMILES string of the molecule is CC(C)(C)OC(=O)N1CCCCC1CNC(=O)Nc1ccc(CC#N)cc1. The van der Waals surface area contributed by atoms with Crippen molar-refractivity contribution in [3.05, 3.63) is 29.8 Å². The van der Waals surface area contributed by atoms with E-state index in [9.17, 15) is 9.59 Å². The van der Waals surface area contributed by atoms with Crippen molar-refractivity contribution in [1.29, 1.82) is 5.26 Å². The maximum Gasteiger partial charge on any atom is 0.410 e. The molecule has 27 heavy (non-hydrogen) atoms. The van der Waals surface area contributed by atoms with E-state index in [0.29, 0.717) is 25.2 Å². The van der Waals surface area contributed by atoms with Gasteiger partial charge in [-0.05, 0) is 57.7 Å². The highest BCUT2D eigenvalue weighted by molar-refractivity contribution is 5.89. The number of amides is 3. The van der Waals surface area contributed by atoms with Crippen LogP contribution in [0.1, 0.15) is 45.6 Å². The van der Waals surface area contributed by atoms with Crippen LogP contribution >= 0.6 is 0 Å². The molecule has 1 heterocycles. The highest BCUT2D eigenvalue weighted by atomic mass is 16.6. The van der Waals surface area contributed by atoms with Gasteiger partial charge in [-0.1, -0.05) is 12.1 Å². The molecule has 0 aromatic heterocycles.